The Morgan fingerprint density at radius 1 is 1.48 bits per heavy atom. The molecule has 0 saturated carbocycles. The third-order valence-corrected chi connectivity index (χ3v) is 3.74. The van der Waals surface area contributed by atoms with Gasteiger partial charge in [0.1, 0.15) is 0 Å². The van der Waals surface area contributed by atoms with Crippen LogP contribution in [0, 0.1) is 28.6 Å². The molecule has 21 heavy (non-hydrogen) atoms. The molecule has 1 aromatic rings. The van der Waals surface area contributed by atoms with Crippen molar-refractivity contribution in [2.24, 2.45) is 5.92 Å². The summed E-state index contributed by atoms with van der Waals surface area (Å²) in [7, 11) is 0. The van der Waals surface area contributed by atoms with Gasteiger partial charge in [-0.2, -0.15) is 15.6 Å². The van der Waals surface area contributed by atoms with Crippen LogP contribution in [0.1, 0.15) is 25.7 Å². The van der Waals surface area contributed by atoms with Crippen molar-refractivity contribution in [2.75, 3.05) is 24.5 Å². The van der Waals surface area contributed by atoms with E-state index in [0.29, 0.717) is 25.4 Å². The Labute approximate surface area is 125 Å². The Balaban J connectivity index is 1.82. The van der Waals surface area contributed by atoms with Gasteiger partial charge < -0.3 is 10.2 Å². The second-order valence-electron chi connectivity index (χ2n) is 5.30. The van der Waals surface area contributed by atoms with Crippen molar-refractivity contribution in [3.8, 4) is 12.1 Å². The molecular weight excluding hydrogens is 264 g/mol. The van der Waals surface area contributed by atoms with Crippen LogP contribution in [-0.4, -0.2) is 35.9 Å². The molecule has 1 saturated heterocycles. The van der Waals surface area contributed by atoms with E-state index in [4.69, 9.17) is 10.5 Å². The lowest BCUT2D eigenvalue weighted by molar-refractivity contribution is 0.398. The first kappa shape index (κ1) is 15.2. The van der Waals surface area contributed by atoms with E-state index in [2.05, 4.69) is 32.6 Å². The van der Waals surface area contributed by atoms with Crippen LogP contribution in [0.3, 0.4) is 0 Å². The summed E-state index contributed by atoms with van der Waals surface area (Å²) in [4.78, 5) is 2.23. The molecule has 1 N–H and O–H groups in total. The van der Waals surface area contributed by atoms with Gasteiger partial charge in [0.15, 0.2) is 5.82 Å². The zero-order valence-corrected chi connectivity index (χ0v) is 12.1. The van der Waals surface area contributed by atoms with Crippen LogP contribution in [0.2, 0.25) is 0 Å². The van der Waals surface area contributed by atoms with E-state index >= 15 is 0 Å². The van der Waals surface area contributed by atoms with Crippen molar-refractivity contribution in [1.82, 2.24) is 15.5 Å². The first-order valence-corrected chi connectivity index (χ1v) is 7.36. The number of nitrogens with one attached hydrogen (secondary N) is 1. The van der Waals surface area contributed by atoms with Crippen molar-refractivity contribution in [1.29, 1.82) is 10.5 Å². The molecule has 110 valence electrons. The molecule has 1 aliphatic heterocycles. The van der Waals surface area contributed by atoms with E-state index in [9.17, 15) is 0 Å². The topological polar surface area (TPSA) is 88.6 Å². The predicted octanol–water partition coefficient (Wildman–Crippen LogP) is 1.48. The largest absolute Gasteiger partial charge is 0.354 e. The lowest BCUT2D eigenvalue weighted by Gasteiger charge is -2.34. The van der Waals surface area contributed by atoms with Crippen LogP contribution in [0.4, 0.5) is 5.82 Å². The summed E-state index contributed by atoms with van der Waals surface area (Å²) in [5, 5.41) is 29.2. The maximum Gasteiger partial charge on any atom is 0.151 e. The standard InChI is InChI=1S/C15H20N6/c16-7-1-4-13(10-17)11-18-14-5-3-9-21(12-14)15-6-2-8-19-20-15/h2,6,8,13-14,18H,1,3-5,9,11-12H2. The second kappa shape index (κ2) is 8.18. The minimum absolute atomic E-state index is 0.0865. The number of aromatic nitrogens is 2. The van der Waals surface area contributed by atoms with E-state index < -0.39 is 0 Å². The fourth-order valence-electron chi connectivity index (χ4n) is 2.57. The summed E-state index contributed by atoms with van der Waals surface area (Å²) in [5.41, 5.74) is 0. The summed E-state index contributed by atoms with van der Waals surface area (Å²) in [6.07, 6.45) is 4.96. The molecular formula is C15H20N6. The molecule has 0 aliphatic carbocycles. The van der Waals surface area contributed by atoms with E-state index in [1.165, 1.54) is 0 Å². The number of nitriles is 2. The minimum Gasteiger partial charge on any atom is -0.354 e. The van der Waals surface area contributed by atoms with Crippen LogP contribution >= 0.6 is 0 Å². The van der Waals surface area contributed by atoms with Crippen molar-refractivity contribution in [2.45, 2.75) is 31.7 Å². The summed E-state index contributed by atoms with van der Waals surface area (Å²) >= 11 is 0. The molecule has 6 heteroatoms. The van der Waals surface area contributed by atoms with Crippen LogP contribution in [0.15, 0.2) is 18.3 Å². The summed E-state index contributed by atoms with van der Waals surface area (Å²) in [5.74, 6) is 0.821. The number of piperidine rings is 1. The smallest absolute Gasteiger partial charge is 0.151 e. The average Bonchev–Trinajstić information content (AvgIpc) is 2.56. The quantitative estimate of drug-likeness (QED) is 0.851. The van der Waals surface area contributed by atoms with Crippen LogP contribution < -0.4 is 10.2 Å². The van der Waals surface area contributed by atoms with Gasteiger partial charge in [-0.05, 0) is 31.4 Å². The first-order valence-electron chi connectivity index (χ1n) is 7.36. The van der Waals surface area contributed by atoms with Gasteiger partial charge in [0.05, 0.1) is 18.1 Å². The molecule has 0 amide bonds. The molecule has 2 rings (SSSR count). The molecule has 0 aromatic carbocycles. The van der Waals surface area contributed by atoms with Gasteiger partial charge in [-0.25, -0.2) is 0 Å². The molecule has 1 aliphatic rings. The van der Waals surface area contributed by atoms with Gasteiger partial charge in [0, 0.05) is 38.3 Å². The van der Waals surface area contributed by atoms with Gasteiger partial charge in [0.2, 0.25) is 0 Å². The second-order valence-corrected chi connectivity index (χ2v) is 5.30. The predicted molar refractivity (Wildman–Crippen MR) is 79.2 cm³/mol. The molecule has 2 heterocycles. The van der Waals surface area contributed by atoms with Crippen molar-refractivity contribution < 1.29 is 0 Å². The highest BCUT2D eigenvalue weighted by molar-refractivity contribution is 5.37. The van der Waals surface area contributed by atoms with Gasteiger partial charge in [-0.15, -0.1) is 5.10 Å². The Kier molecular flexibility index (Phi) is 5.93. The molecule has 2 unspecified atom stereocenters. The SMILES string of the molecule is N#CCCC(C#N)CNC1CCCN(c2cccnn2)C1. The number of hydrogen-bond acceptors (Lipinski definition) is 6. The zero-order chi connectivity index (χ0) is 14.9. The Hall–Kier alpha value is -2.18. The summed E-state index contributed by atoms with van der Waals surface area (Å²) in [6, 6.07) is 8.59. The minimum atomic E-state index is -0.0865. The number of hydrogen-bond donors (Lipinski definition) is 1. The zero-order valence-electron chi connectivity index (χ0n) is 12.1. The van der Waals surface area contributed by atoms with E-state index in [-0.39, 0.29) is 5.92 Å². The van der Waals surface area contributed by atoms with Crippen molar-refractivity contribution in [3.05, 3.63) is 18.3 Å². The molecule has 6 nitrogen and oxygen atoms in total. The van der Waals surface area contributed by atoms with Gasteiger partial charge in [0.25, 0.3) is 0 Å². The molecule has 1 fully saturated rings. The van der Waals surface area contributed by atoms with Gasteiger partial charge in [-0.1, -0.05) is 0 Å². The van der Waals surface area contributed by atoms with Crippen molar-refractivity contribution >= 4 is 5.82 Å². The molecule has 2 atom stereocenters. The normalized spacial score (nSPS) is 19.5. The maximum absolute atomic E-state index is 9.08. The lowest BCUT2D eigenvalue weighted by atomic mass is 10.0. The molecule has 0 radical (unpaired) electrons. The molecule has 1 aromatic heterocycles. The van der Waals surface area contributed by atoms with Crippen molar-refractivity contribution in [3.63, 3.8) is 0 Å². The van der Waals surface area contributed by atoms with Gasteiger partial charge in [-0.3, -0.25) is 0 Å². The first-order chi connectivity index (χ1) is 10.3. The summed E-state index contributed by atoms with van der Waals surface area (Å²) in [6.45, 7) is 2.53. The van der Waals surface area contributed by atoms with Crippen LogP contribution in [0.5, 0.6) is 0 Å². The highest BCUT2D eigenvalue weighted by atomic mass is 15.3. The number of anilines is 1. The fraction of sp³-hybridized carbons (Fsp3) is 0.600. The maximum atomic E-state index is 9.08. The van der Waals surface area contributed by atoms with E-state index in [0.717, 1.165) is 31.7 Å². The Morgan fingerprint density at radius 3 is 3.10 bits per heavy atom. The monoisotopic (exact) mass is 284 g/mol. The highest BCUT2D eigenvalue weighted by Crippen LogP contribution is 2.17. The molecule has 0 spiro atoms. The Morgan fingerprint density at radius 2 is 2.38 bits per heavy atom. The Bertz CT molecular complexity index is 503. The van der Waals surface area contributed by atoms with Crippen LogP contribution in [0.25, 0.3) is 0 Å². The van der Waals surface area contributed by atoms with Crippen LogP contribution in [-0.2, 0) is 0 Å². The van der Waals surface area contributed by atoms with E-state index in [1.54, 1.807) is 6.20 Å². The third kappa shape index (κ3) is 4.70. The van der Waals surface area contributed by atoms with Gasteiger partial charge >= 0.3 is 0 Å². The average molecular weight is 284 g/mol. The lowest BCUT2D eigenvalue weighted by Crippen LogP contribution is -2.47. The molecule has 0 bridgehead atoms. The van der Waals surface area contributed by atoms with E-state index in [1.807, 2.05) is 12.1 Å². The fourth-order valence-corrected chi connectivity index (χ4v) is 2.57. The summed E-state index contributed by atoms with van der Waals surface area (Å²) < 4.78 is 0. The third-order valence-electron chi connectivity index (χ3n) is 3.74. The number of rotatable bonds is 6. The highest BCUT2D eigenvalue weighted by Gasteiger charge is 2.21. The number of nitrogens with zero attached hydrogens (tertiary/aromatic N) is 5.